The van der Waals surface area contributed by atoms with Crippen molar-refractivity contribution >= 4 is 29.3 Å². The van der Waals surface area contributed by atoms with Gasteiger partial charge in [0, 0.05) is 24.1 Å². The lowest BCUT2D eigenvalue weighted by Crippen LogP contribution is -2.33. The van der Waals surface area contributed by atoms with Gasteiger partial charge in [0.1, 0.15) is 5.82 Å². The SMILES string of the molecule is Cc1nn(C)c(C)c1NC(=O)CNC(=O)CCSc1ccc(F)cc1. The number of hydrogen-bond donors (Lipinski definition) is 2. The largest absolute Gasteiger partial charge is 0.347 e. The van der Waals surface area contributed by atoms with Crippen LogP contribution in [-0.4, -0.2) is 33.9 Å². The van der Waals surface area contributed by atoms with E-state index in [1.807, 2.05) is 13.8 Å². The molecule has 8 heteroatoms. The average molecular weight is 364 g/mol. The van der Waals surface area contributed by atoms with Crippen molar-refractivity contribution in [3.05, 3.63) is 41.5 Å². The molecule has 2 N–H and O–H groups in total. The van der Waals surface area contributed by atoms with Crippen LogP contribution in [0.5, 0.6) is 0 Å². The molecule has 0 spiro atoms. The van der Waals surface area contributed by atoms with Gasteiger partial charge >= 0.3 is 0 Å². The molecule has 1 heterocycles. The molecule has 2 rings (SSSR count). The van der Waals surface area contributed by atoms with Crippen molar-refractivity contribution in [1.82, 2.24) is 15.1 Å². The van der Waals surface area contributed by atoms with Crippen LogP contribution in [0.3, 0.4) is 0 Å². The lowest BCUT2D eigenvalue weighted by Gasteiger charge is -2.07. The monoisotopic (exact) mass is 364 g/mol. The molecular formula is C17H21FN4O2S. The fourth-order valence-electron chi connectivity index (χ4n) is 2.20. The van der Waals surface area contributed by atoms with E-state index in [9.17, 15) is 14.0 Å². The average Bonchev–Trinajstić information content (AvgIpc) is 2.81. The van der Waals surface area contributed by atoms with Crippen molar-refractivity contribution in [3.63, 3.8) is 0 Å². The second-order valence-electron chi connectivity index (χ2n) is 5.55. The highest BCUT2D eigenvalue weighted by Crippen LogP contribution is 2.19. The summed E-state index contributed by atoms with van der Waals surface area (Å²) >= 11 is 1.46. The van der Waals surface area contributed by atoms with Crippen molar-refractivity contribution in [1.29, 1.82) is 0 Å². The van der Waals surface area contributed by atoms with E-state index in [4.69, 9.17) is 0 Å². The maximum Gasteiger partial charge on any atom is 0.243 e. The Balaban J connectivity index is 1.70. The van der Waals surface area contributed by atoms with Crippen molar-refractivity contribution < 1.29 is 14.0 Å². The molecule has 0 bridgehead atoms. The van der Waals surface area contributed by atoms with Crippen LogP contribution in [0, 0.1) is 19.7 Å². The van der Waals surface area contributed by atoms with Crippen LogP contribution in [0.25, 0.3) is 0 Å². The number of carbonyl (C=O) groups excluding carboxylic acids is 2. The van der Waals surface area contributed by atoms with Crippen LogP contribution in [0.4, 0.5) is 10.1 Å². The number of thioether (sulfide) groups is 1. The number of aryl methyl sites for hydroxylation is 2. The zero-order valence-electron chi connectivity index (χ0n) is 14.4. The van der Waals surface area contributed by atoms with Gasteiger partial charge in [0.25, 0.3) is 0 Å². The van der Waals surface area contributed by atoms with Crippen LogP contribution < -0.4 is 10.6 Å². The smallest absolute Gasteiger partial charge is 0.243 e. The Labute approximate surface area is 150 Å². The Hall–Kier alpha value is -2.35. The van der Waals surface area contributed by atoms with Gasteiger partial charge in [-0.15, -0.1) is 11.8 Å². The summed E-state index contributed by atoms with van der Waals surface area (Å²) in [7, 11) is 1.80. The predicted octanol–water partition coefficient (Wildman–Crippen LogP) is 2.41. The summed E-state index contributed by atoms with van der Waals surface area (Å²) in [5.74, 6) is -0.227. The highest BCUT2D eigenvalue weighted by molar-refractivity contribution is 7.99. The molecule has 0 aliphatic rings. The third-order valence-electron chi connectivity index (χ3n) is 3.63. The van der Waals surface area contributed by atoms with Gasteiger partial charge in [0.05, 0.1) is 23.6 Å². The Morgan fingerprint density at radius 1 is 1.20 bits per heavy atom. The summed E-state index contributed by atoms with van der Waals surface area (Å²) in [4.78, 5) is 24.7. The van der Waals surface area contributed by atoms with Gasteiger partial charge < -0.3 is 10.6 Å². The number of halogens is 1. The molecule has 0 saturated carbocycles. The highest BCUT2D eigenvalue weighted by Gasteiger charge is 2.13. The van der Waals surface area contributed by atoms with E-state index in [0.717, 1.165) is 16.3 Å². The molecule has 2 amide bonds. The summed E-state index contributed by atoms with van der Waals surface area (Å²) in [5, 5.41) is 9.58. The highest BCUT2D eigenvalue weighted by atomic mass is 32.2. The number of anilines is 1. The van der Waals surface area contributed by atoms with Crippen LogP contribution in [0.2, 0.25) is 0 Å². The van der Waals surface area contributed by atoms with Gasteiger partial charge in [-0.25, -0.2) is 4.39 Å². The molecule has 6 nitrogen and oxygen atoms in total. The molecule has 1 aromatic carbocycles. The summed E-state index contributed by atoms with van der Waals surface area (Å²) in [6, 6.07) is 6.11. The molecule has 0 aliphatic carbocycles. The Morgan fingerprint density at radius 3 is 2.48 bits per heavy atom. The minimum absolute atomic E-state index is 0.0895. The molecule has 134 valence electrons. The fourth-order valence-corrected chi connectivity index (χ4v) is 3.05. The van der Waals surface area contributed by atoms with Crippen molar-refractivity contribution in [3.8, 4) is 0 Å². The van der Waals surface area contributed by atoms with Crippen LogP contribution in [-0.2, 0) is 16.6 Å². The molecule has 25 heavy (non-hydrogen) atoms. The third-order valence-corrected chi connectivity index (χ3v) is 4.64. The number of aromatic nitrogens is 2. The number of amides is 2. The van der Waals surface area contributed by atoms with E-state index in [1.54, 1.807) is 23.9 Å². The summed E-state index contributed by atoms with van der Waals surface area (Å²) in [6.07, 6.45) is 0.278. The molecule has 0 unspecified atom stereocenters. The van der Waals surface area contributed by atoms with Crippen molar-refractivity contribution in [2.24, 2.45) is 7.05 Å². The Bertz CT molecular complexity index is 759. The van der Waals surface area contributed by atoms with Crippen molar-refractivity contribution in [2.45, 2.75) is 25.2 Å². The van der Waals surface area contributed by atoms with E-state index in [0.29, 0.717) is 11.4 Å². The third kappa shape index (κ3) is 5.60. The van der Waals surface area contributed by atoms with Gasteiger partial charge in [-0.1, -0.05) is 0 Å². The number of hydrogen-bond acceptors (Lipinski definition) is 4. The zero-order chi connectivity index (χ0) is 18.4. The molecule has 0 atom stereocenters. The van der Waals surface area contributed by atoms with E-state index in [-0.39, 0.29) is 30.6 Å². The first kappa shape index (κ1) is 19.0. The fraction of sp³-hybridized carbons (Fsp3) is 0.353. The molecule has 0 fully saturated rings. The minimum atomic E-state index is -0.293. The van der Waals surface area contributed by atoms with Crippen LogP contribution >= 0.6 is 11.8 Å². The molecule has 0 aliphatic heterocycles. The zero-order valence-corrected chi connectivity index (χ0v) is 15.2. The second-order valence-corrected chi connectivity index (χ2v) is 6.72. The van der Waals surface area contributed by atoms with Gasteiger partial charge in [-0.05, 0) is 38.1 Å². The van der Waals surface area contributed by atoms with E-state index in [2.05, 4.69) is 15.7 Å². The lowest BCUT2D eigenvalue weighted by molar-refractivity contribution is -0.123. The van der Waals surface area contributed by atoms with Gasteiger partial charge in [-0.3, -0.25) is 14.3 Å². The predicted molar refractivity (Wildman–Crippen MR) is 96.1 cm³/mol. The minimum Gasteiger partial charge on any atom is -0.347 e. The number of nitrogens with one attached hydrogen (secondary N) is 2. The number of benzene rings is 1. The normalized spacial score (nSPS) is 10.6. The van der Waals surface area contributed by atoms with Gasteiger partial charge in [-0.2, -0.15) is 5.10 Å². The number of carbonyl (C=O) groups is 2. The Kier molecular flexibility index (Phi) is 6.58. The van der Waals surface area contributed by atoms with Gasteiger partial charge in [0.15, 0.2) is 0 Å². The van der Waals surface area contributed by atoms with Crippen LogP contribution in [0.1, 0.15) is 17.8 Å². The first-order valence-electron chi connectivity index (χ1n) is 7.82. The van der Waals surface area contributed by atoms with E-state index in [1.165, 1.54) is 23.9 Å². The summed E-state index contributed by atoms with van der Waals surface area (Å²) < 4.78 is 14.5. The second kappa shape index (κ2) is 8.66. The number of rotatable bonds is 7. The topological polar surface area (TPSA) is 76.0 Å². The molecule has 2 aromatic rings. The first-order valence-corrected chi connectivity index (χ1v) is 8.80. The molecule has 0 radical (unpaired) electrons. The quantitative estimate of drug-likeness (QED) is 0.740. The number of nitrogens with zero attached hydrogens (tertiary/aromatic N) is 2. The summed E-state index contributed by atoms with van der Waals surface area (Å²) in [5.41, 5.74) is 2.26. The maximum atomic E-state index is 12.8. The lowest BCUT2D eigenvalue weighted by atomic mass is 10.3. The van der Waals surface area contributed by atoms with Gasteiger partial charge in [0.2, 0.25) is 11.8 Å². The standard InChI is InChI=1S/C17H21FN4O2S/c1-11-17(12(2)22(3)21-11)20-16(24)10-19-15(23)8-9-25-14-6-4-13(18)5-7-14/h4-7H,8-10H2,1-3H3,(H,19,23)(H,20,24). The van der Waals surface area contributed by atoms with Crippen molar-refractivity contribution in [2.75, 3.05) is 17.6 Å². The summed E-state index contributed by atoms with van der Waals surface area (Å²) in [6.45, 7) is 3.59. The Morgan fingerprint density at radius 2 is 1.88 bits per heavy atom. The molecule has 1 aromatic heterocycles. The first-order chi connectivity index (χ1) is 11.9. The van der Waals surface area contributed by atoms with E-state index < -0.39 is 0 Å². The molecule has 0 saturated heterocycles. The van der Waals surface area contributed by atoms with E-state index >= 15 is 0 Å². The maximum absolute atomic E-state index is 12.8. The molecular weight excluding hydrogens is 343 g/mol. The van der Waals surface area contributed by atoms with Crippen LogP contribution in [0.15, 0.2) is 29.2 Å².